The van der Waals surface area contributed by atoms with Crippen LogP contribution in [-0.2, 0) is 19.1 Å². The lowest BCUT2D eigenvalue weighted by atomic mass is 9.98. The SMILES string of the molecule is NC(=O)CCNC(=O)CCC(NC(=O)OCC1c2ccccc2-c2ccccc21)C(=O)O. The smallest absolute Gasteiger partial charge is 0.407 e. The molecule has 0 saturated carbocycles. The first-order valence-corrected chi connectivity index (χ1v) is 10.3. The van der Waals surface area contributed by atoms with Crippen LogP contribution in [0.3, 0.4) is 0 Å². The molecule has 0 aromatic heterocycles. The van der Waals surface area contributed by atoms with E-state index in [4.69, 9.17) is 10.5 Å². The van der Waals surface area contributed by atoms with Crippen LogP contribution in [0.5, 0.6) is 0 Å². The largest absolute Gasteiger partial charge is 0.480 e. The van der Waals surface area contributed by atoms with E-state index in [2.05, 4.69) is 10.6 Å². The number of nitrogens with one attached hydrogen (secondary N) is 2. The molecule has 1 aliphatic carbocycles. The second kappa shape index (κ2) is 10.4. The maximum absolute atomic E-state index is 12.3. The molecule has 32 heavy (non-hydrogen) atoms. The van der Waals surface area contributed by atoms with E-state index in [0.29, 0.717) is 0 Å². The summed E-state index contributed by atoms with van der Waals surface area (Å²) < 4.78 is 5.35. The average Bonchev–Trinajstić information content (AvgIpc) is 3.08. The second-order valence-electron chi connectivity index (χ2n) is 7.47. The van der Waals surface area contributed by atoms with Crippen molar-refractivity contribution in [3.05, 3.63) is 59.7 Å². The number of primary amides is 1. The van der Waals surface area contributed by atoms with Crippen LogP contribution in [0.25, 0.3) is 11.1 Å². The van der Waals surface area contributed by atoms with Crippen LogP contribution in [0.1, 0.15) is 36.3 Å². The summed E-state index contributed by atoms with van der Waals surface area (Å²) >= 11 is 0. The van der Waals surface area contributed by atoms with E-state index < -0.39 is 29.9 Å². The molecule has 3 amide bonds. The Bertz CT molecular complexity index is 977. The van der Waals surface area contributed by atoms with E-state index in [0.717, 1.165) is 22.3 Å². The van der Waals surface area contributed by atoms with Gasteiger partial charge in [0.2, 0.25) is 11.8 Å². The highest BCUT2D eigenvalue weighted by atomic mass is 16.5. The predicted octanol–water partition coefficient (Wildman–Crippen LogP) is 1.75. The summed E-state index contributed by atoms with van der Waals surface area (Å²) in [5.74, 6) is -2.41. The van der Waals surface area contributed by atoms with Gasteiger partial charge in [-0.3, -0.25) is 9.59 Å². The highest BCUT2D eigenvalue weighted by Gasteiger charge is 2.29. The number of carbonyl (C=O) groups excluding carboxylic acids is 3. The number of carboxylic acid groups (broad SMARTS) is 1. The zero-order valence-electron chi connectivity index (χ0n) is 17.4. The van der Waals surface area contributed by atoms with E-state index in [1.54, 1.807) is 0 Å². The molecule has 168 valence electrons. The predicted molar refractivity (Wildman–Crippen MR) is 116 cm³/mol. The van der Waals surface area contributed by atoms with Crippen molar-refractivity contribution < 1.29 is 29.0 Å². The number of alkyl carbamates (subject to hydrolysis) is 1. The Kier molecular flexibility index (Phi) is 7.43. The van der Waals surface area contributed by atoms with E-state index >= 15 is 0 Å². The molecule has 2 aromatic rings. The second-order valence-corrected chi connectivity index (χ2v) is 7.47. The van der Waals surface area contributed by atoms with Gasteiger partial charge < -0.3 is 26.2 Å². The van der Waals surface area contributed by atoms with Gasteiger partial charge in [-0.05, 0) is 28.7 Å². The minimum Gasteiger partial charge on any atom is -0.480 e. The summed E-state index contributed by atoms with van der Waals surface area (Å²) in [5, 5.41) is 14.1. The number of nitrogens with two attached hydrogens (primary N) is 1. The maximum atomic E-state index is 12.3. The molecule has 1 atom stereocenters. The monoisotopic (exact) mass is 439 g/mol. The van der Waals surface area contributed by atoms with Gasteiger partial charge in [-0.15, -0.1) is 0 Å². The Morgan fingerprint density at radius 2 is 1.56 bits per heavy atom. The van der Waals surface area contributed by atoms with Gasteiger partial charge in [0.1, 0.15) is 12.6 Å². The molecule has 0 bridgehead atoms. The molecule has 0 spiro atoms. The van der Waals surface area contributed by atoms with Crippen molar-refractivity contribution in [3.63, 3.8) is 0 Å². The summed E-state index contributed by atoms with van der Waals surface area (Å²) in [5.41, 5.74) is 9.26. The number of hydrogen-bond acceptors (Lipinski definition) is 5. The van der Waals surface area contributed by atoms with Gasteiger partial charge in [0.25, 0.3) is 0 Å². The number of benzene rings is 2. The Morgan fingerprint density at radius 1 is 0.969 bits per heavy atom. The van der Waals surface area contributed by atoms with Crippen LogP contribution >= 0.6 is 0 Å². The zero-order chi connectivity index (χ0) is 23.1. The van der Waals surface area contributed by atoms with Crippen LogP contribution in [0, 0.1) is 0 Å². The molecule has 2 aromatic carbocycles. The number of carboxylic acids is 1. The summed E-state index contributed by atoms with van der Waals surface area (Å²) in [6, 6.07) is 14.5. The molecule has 9 nitrogen and oxygen atoms in total. The van der Waals surface area contributed by atoms with Gasteiger partial charge >= 0.3 is 12.1 Å². The van der Waals surface area contributed by atoms with Crippen molar-refractivity contribution in [2.24, 2.45) is 5.73 Å². The fourth-order valence-corrected chi connectivity index (χ4v) is 3.73. The summed E-state index contributed by atoms with van der Waals surface area (Å²) in [6.45, 7) is 0.130. The van der Waals surface area contributed by atoms with Crippen molar-refractivity contribution in [3.8, 4) is 11.1 Å². The third kappa shape index (κ3) is 5.63. The first-order chi connectivity index (χ1) is 15.4. The van der Waals surface area contributed by atoms with Crippen molar-refractivity contribution in [2.45, 2.75) is 31.2 Å². The van der Waals surface area contributed by atoms with Crippen molar-refractivity contribution in [2.75, 3.05) is 13.2 Å². The molecular formula is C23H25N3O6. The summed E-state index contributed by atoms with van der Waals surface area (Å²) in [6.07, 6.45) is -1.14. The normalized spacial score (nSPS) is 12.9. The molecule has 0 aliphatic heterocycles. The molecule has 5 N–H and O–H groups in total. The number of rotatable bonds is 10. The summed E-state index contributed by atoms with van der Waals surface area (Å²) in [4.78, 5) is 46.2. The number of amides is 3. The van der Waals surface area contributed by atoms with Gasteiger partial charge in [-0.25, -0.2) is 9.59 Å². The number of hydrogen-bond donors (Lipinski definition) is 4. The Balaban J connectivity index is 1.53. The Hall–Kier alpha value is -3.88. The average molecular weight is 439 g/mol. The van der Waals surface area contributed by atoms with Crippen molar-refractivity contribution in [1.29, 1.82) is 0 Å². The number of fused-ring (bicyclic) bond motifs is 3. The number of ether oxygens (including phenoxy) is 1. The van der Waals surface area contributed by atoms with Gasteiger partial charge in [0.05, 0.1) is 0 Å². The minimum atomic E-state index is -1.28. The van der Waals surface area contributed by atoms with E-state index in [-0.39, 0.29) is 38.3 Å². The van der Waals surface area contributed by atoms with E-state index in [1.807, 2.05) is 48.5 Å². The lowest BCUT2D eigenvalue weighted by Crippen LogP contribution is -2.42. The molecule has 9 heteroatoms. The minimum absolute atomic E-state index is 0.00784. The van der Waals surface area contributed by atoms with Crippen LogP contribution in [-0.4, -0.2) is 48.2 Å². The molecule has 0 saturated heterocycles. The van der Waals surface area contributed by atoms with Gasteiger partial charge in [-0.1, -0.05) is 48.5 Å². The van der Waals surface area contributed by atoms with E-state index in [1.165, 1.54) is 0 Å². The molecule has 0 heterocycles. The van der Waals surface area contributed by atoms with Crippen molar-refractivity contribution >= 4 is 23.9 Å². The molecule has 1 aliphatic rings. The van der Waals surface area contributed by atoms with Crippen LogP contribution in [0.2, 0.25) is 0 Å². The zero-order valence-corrected chi connectivity index (χ0v) is 17.4. The molecular weight excluding hydrogens is 414 g/mol. The molecule has 0 radical (unpaired) electrons. The third-order valence-electron chi connectivity index (χ3n) is 5.29. The van der Waals surface area contributed by atoms with Gasteiger partial charge in [0.15, 0.2) is 0 Å². The van der Waals surface area contributed by atoms with Crippen LogP contribution in [0.4, 0.5) is 4.79 Å². The summed E-state index contributed by atoms with van der Waals surface area (Å²) in [7, 11) is 0. The lowest BCUT2D eigenvalue weighted by Gasteiger charge is -2.17. The lowest BCUT2D eigenvalue weighted by molar-refractivity contribution is -0.139. The first kappa shape index (κ1) is 22.8. The quantitative estimate of drug-likeness (QED) is 0.443. The van der Waals surface area contributed by atoms with Gasteiger partial charge in [-0.2, -0.15) is 0 Å². The molecule has 0 fully saturated rings. The molecule has 3 rings (SSSR count). The van der Waals surface area contributed by atoms with Crippen molar-refractivity contribution in [1.82, 2.24) is 10.6 Å². The van der Waals surface area contributed by atoms with Crippen LogP contribution in [0.15, 0.2) is 48.5 Å². The topological polar surface area (TPSA) is 148 Å². The Morgan fingerprint density at radius 3 is 2.12 bits per heavy atom. The van der Waals surface area contributed by atoms with E-state index in [9.17, 15) is 24.3 Å². The van der Waals surface area contributed by atoms with Gasteiger partial charge in [0, 0.05) is 25.3 Å². The standard InChI is InChI=1S/C23H25N3O6/c24-20(27)11-12-25-21(28)10-9-19(22(29)30)26-23(31)32-13-18-16-7-3-1-5-14(16)15-6-2-4-8-17(15)18/h1-8,18-19H,9-13H2,(H2,24,27)(H,25,28)(H,26,31)(H,29,30). The number of aliphatic carboxylic acids is 1. The maximum Gasteiger partial charge on any atom is 0.407 e. The highest BCUT2D eigenvalue weighted by Crippen LogP contribution is 2.44. The highest BCUT2D eigenvalue weighted by molar-refractivity contribution is 5.82. The number of carbonyl (C=O) groups is 4. The van der Waals surface area contributed by atoms with Crippen LogP contribution < -0.4 is 16.4 Å². The fourth-order valence-electron chi connectivity index (χ4n) is 3.73. The molecule has 1 unspecified atom stereocenters. The Labute approximate surface area is 184 Å². The third-order valence-corrected chi connectivity index (χ3v) is 5.29. The fraction of sp³-hybridized carbons (Fsp3) is 0.304. The first-order valence-electron chi connectivity index (χ1n) is 10.3.